The third kappa shape index (κ3) is 3.10. The summed E-state index contributed by atoms with van der Waals surface area (Å²) in [5.74, 6) is -3.39. The molecule has 0 fully saturated rings. The van der Waals surface area contributed by atoms with Gasteiger partial charge in [0.25, 0.3) is 5.91 Å². The van der Waals surface area contributed by atoms with E-state index in [1.54, 1.807) is 25.9 Å². The largest absolute Gasteiger partial charge is 0.465 e. The normalized spacial score (nSPS) is 17.9. The minimum absolute atomic E-state index is 0.0205. The standard InChI is InChI=1S/C16H18F2N2O3/c1-16(2)8-11(15(22)23-4)14(21)20(19(16)3)9-10-6-5-7-12(17)13(10)18/h5-8H,9H2,1-4H3. The molecule has 2 rings (SSSR count). The van der Waals surface area contributed by atoms with Crippen LogP contribution in [0.2, 0.25) is 0 Å². The molecular formula is C16H18F2N2O3. The molecule has 0 radical (unpaired) electrons. The third-order valence-corrected chi connectivity index (χ3v) is 3.92. The molecule has 0 bridgehead atoms. The SMILES string of the molecule is COC(=O)C1=CC(C)(C)N(C)N(Cc2cccc(F)c2F)C1=O. The van der Waals surface area contributed by atoms with Crippen LogP contribution >= 0.6 is 0 Å². The Labute approximate surface area is 133 Å². The molecule has 0 atom stereocenters. The lowest BCUT2D eigenvalue weighted by Gasteiger charge is -2.45. The second-order valence-electron chi connectivity index (χ2n) is 5.80. The van der Waals surface area contributed by atoms with E-state index in [0.717, 1.165) is 6.07 Å². The Kier molecular flexibility index (Phi) is 4.51. The number of halogens is 2. The number of likely N-dealkylation sites (N-methyl/N-ethyl adjacent to an activating group) is 1. The highest BCUT2D eigenvalue weighted by atomic mass is 19.2. The van der Waals surface area contributed by atoms with Crippen molar-refractivity contribution in [2.45, 2.75) is 25.9 Å². The van der Waals surface area contributed by atoms with Crippen LogP contribution in [-0.2, 0) is 20.9 Å². The molecule has 7 heteroatoms. The number of nitrogens with zero attached hydrogens (tertiary/aromatic N) is 2. The highest BCUT2D eigenvalue weighted by Crippen LogP contribution is 2.28. The Morgan fingerprint density at radius 3 is 2.57 bits per heavy atom. The molecule has 0 saturated heterocycles. The average molecular weight is 324 g/mol. The van der Waals surface area contributed by atoms with Crippen LogP contribution in [0.15, 0.2) is 29.8 Å². The maximum atomic E-state index is 13.9. The van der Waals surface area contributed by atoms with Gasteiger partial charge in [-0.15, -0.1) is 0 Å². The Balaban J connectivity index is 2.41. The molecule has 1 aromatic carbocycles. The number of carbonyl (C=O) groups is 2. The highest BCUT2D eigenvalue weighted by Gasteiger charge is 2.40. The first-order valence-corrected chi connectivity index (χ1v) is 6.98. The van der Waals surface area contributed by atoms with Gasteiger partial charge in [-0.2, -0.15) is 0 Å². The number of ether oxygens (including phenoxy) is 1. The van der Waals surface area contributed by atoms with E-state index >= 15 is 0 Å². The van der Waals surface area contributed by atoms with Gasteiger partial charge in [0.1, 0.15) is 5.57 Å². The van der Waals surface area contributed by atoms with Crippen LogP contribution in [0.5, 0.6) is 0 Å². The van der Waals surface area contributed by atoms with E-state index in [1.165, 1.54) is 30.3 Å². The Hall–Kier alpha value is -2.28. The van der Waals surface area contributed by atoms with Gasteiger partial charge in [0.2, 0.25) is 0 Å². The van der Waals surface area contributed by atoms with Crippen molar-refractivity contribution >= 4 is 11.9 Å². The molecule has 0 aliphatic carbocycles. The van der Waals surface area contributed by atoms with E-state index in [0.29, 0.717) is 0 Å². The van der Waals surface area contributed by atoms with Gasteiger partial charge in [-0.3, -0.25) is 9.80 Å². The van der Waals surface area contributed by atoms with E-state index < -0.39 is 29.0 Å². The van der Waals surface area contributed by atoms with E-state index in [2.05, 4.69) is 4.74 Å². The van der Waals surface area contributed by atoms with Crippen molar-refractivity contribution in [3.8, 4) is 0 Å². The first kappa shape index (κ1) is 17.1. The number of benzene rings is 1. The summed E-state index contributed by atoms with van der Waals surface area (Å²) >= 11 is 0. The van der Waals surface area contributed by atoms with Gasteiger partial charge in [0.15, 0.2) is 11.6 Å². The van der Waals surface area contributed by atoms with Crippen molar-refractivity contribution < 1.29 is 23.1 Å². The monoisotopic (exact) mass is 324 g/mol. The van der Waals surface area contributed by atoms with Crippen LogP contribution in [-0.4, -0.2) is 41.6 Å². The van der Waals surface area contributed by atoms with E-state index in [9.17, 15) is 18.4 Å². The van der Waals surface area contributed by atoms with Gasteiger partial charge < -0.3 is 4.74 Å². The van der Waals surface area contributed by atoms with Crippen molar-refractivity contribution in [2.75, 3.05) is 14.2 Å². The van der Waals surface area contributed by atoms with E-state index in [4.69, 9.17) is 0 Å². The average Bonchev–Trinajstić information content (AvgIpc) is 2.51. The molecular weight excluding hydrogens is 306 g/mol. The predicted molar refractivity (Wildman–Crippen MR) is 78.8 cm³/mol. The van der Waals surface area contributed by atoms with E-state index in [-0.39, 0.29) is 17.7 Å². The van der Waals surface area contributed by atoms with Crippen LogP contribution in [0.4, 0.5) is 8.78 Å². The Bertz CT molecular complexity index is 686. The molecule has 1 amide bonds. The van der Waals surface area contributed by atoms with Gasteiger partial charge in [-0.05, 0) is 26.0 Å². The zero-order valence-electron chi connectivity index (χ0n) is 13.4. The van der Waals surface area contributed by atoms with Crippen molar-refractivity contribution in [3.05, 3.63) is 47.0 Å². The molecule has 0 unspecified atom stereocenters. The van der Waals surface area contributed by atoms with Crippen LogP contribution in [0.25, 0.3) is 0 Å². The molecule has 0 N–H and O–H groups in total. The van der Waals surface area contributed by atoms with Crippen molar-refractivity contribution in [2.24, 2.45) is 0 Å². The summed E-state index contributed by atoms with van der Waals surface area (Å²) in [6, 6.07) is 3.76. The van der Waals surface area contributed by atoms with Crippen molar-refractivity contribution in [1.82, 2.24) is 10.0 Å². The minimum Gasteiger partial charge on any atom is -0.465 e. The third-order valence-electron chi connectivity index (χ3n) is 3.92. The molecule has 1 aromatic rings. The molecule has 124 valence electrons. The summed E-state index contributed by atoms with van der Waals surface area (Å²) in [5, 5.41) is 2.77. The first-order valence-electron chi connectivity index (χ1n) is 6.98. The summed E-state index contributed by atoms with van der Waals surface area (Å²) in [5.41, 5.74) is -0.791. The zero-order chi connectivity index (χ0) is 17.4. The topological polar surface area (TPSA) is 49.9 Å². The maximum absolute atomic E-state index is 13.9. The van der Waals surface area contributed by atoms with Crippen molar-refractivity contribution in [3.63, 3.8) is 0 Å². The van der Waals surface area contributed by atoms with Gasteiger partial charge in [0, 0.05) is 12.6 Å². The number of hydrogen-bond donors (Lipinski definition) is 0. The van der Waals surface area contributed by atoms with Gasteiger partial charge in [-0.1, -0.05) is 12.1 Å². The maximum Gasteiger partial charge on any atom is 0.343 e. The Morgan fingerprint density at radius 2 is 1.96 bits per heavy atom. The molecule has 1 aliphatic heterocycles. The quantitative estimate of drug-likeness (QED) is 0.631. The van der Waals surface area contributed by atoms with Crippen LogP contribution in [0.3, 0.4) is 0 Å². The number of amides is 1. The zero-order valence-corrected chi connectivity index (χ0v) is 13.4. The fourth-order valence-electron chi connectivity index (χ4n) is 2.36. The summed E-state index contributed by atoms with van der Waals surface area (Å²) in [7, 11) is 2.82. The molecule has 0 spiro atoms. The molecule has 1 heterocycles. The lowest BCUT2D eigenvalue weighted by Crippen LogP contribution is -2.57. The minimum atomic E-state index is -1.01. The molecule has 0 aromatic heterocycles. The number of rotatable bonds is 3. The second kappa shape index (κ2) is 6.08. The predicted octanol–water partition coefficient (Wildman–Crippen LogP) is 2.03. The summed E-state index contributed by atoms with van der Waals surface area (Å²) in [6.45, 7) is 3.38. The number of hydrazine groups is 1. The number of methoxy groups -OCH3 is 1. The van der Waals surface area contributed by atoms with Crippen LogP contribution in [0, 0.1) is 11.6 Å². The summed E-state index contributed by atoms with van der Waals surface area (Å²) in [6.07, 6.45) is 1.50. The second-order valence-corrected chi connectivity index (χ2v) is 5.80. The smallest absolute Gasteiger partial charge is 0.343 e. The summed E-state index contributed by atoms with van der Waals surface area (Å²) in [4.78, 5) is 24.3. The lowest BCUT2D eigenvalue weighted by molar-refractivity contribution is -0.158. The van der Waals surface area contributed by atoms with Crippen LogP contribution < -0.4 is 0 Å². The number of esters is 1. The van der Waals surface area contributed by atoms with Gasteiger partial charge in [-0.25, -0.2) is 18.6 Å². The fourth-order valence-corrected chi connectivity index (χ4v) is 2.36. The van der Waals surface area contributed by atoms with Crippen LogP contribution in [0.1, 0.15) is 19.4 Å². The van der Waals surface area contributed by atoms with Gasteiger partial charge in [0.05, 0.1) is 19.2 Å². The molecule has 23 heavy (non-hydrogen) atoms. The van der Waals surface area contributed by atoms with E-state index in [1.807, 2.05) is 0 Å². The van der Waals surface area contributed by atoms with Crippen molar-refractivity contribution in [1.29, 1.82) is 0 Å². The molecule has 5 nitrogen and oxygen atoms in total. The molecule has 1 aliphatic rings. The fraction of sp³-hybridized carbons (Fsp3) is 0.375. The highest BCUT2D eigenvalue weighted by molar-refractivity contribution is 6.16. The Morgan fingerprint density at radius 1 is 1.30 bits per heavy atom. The lowest BCUT2D eigenvalue weighted by atomic mass is 9.97. The number of carbonyl (C=O) groups excluding carboxylic acids is 2. The number of hydrogen-bond acceptors (Lipinski definition) is 4. The molecule has 0 saturated carbocycles. The van der Waals surface area contributed by atoms with Gasteiger partial charge >= 0.3 is 5.97 Å². The first-order chi connectivity index (χ1) is 10.7. The summed E-state index contributed by atoms with van der Waals surface area (Å²) < 4.78 is 31.9.